The van der Waals surface area contributed by atoms with Crippen molar-refractivity contribution in [2.24, 2.45) is 0 Å². The van der Waals surface area contributed by atoms with Gasteiger partial charge in [-0.3, -0.25) is 5.10 Å². The number of sulfonamides is 1. The average molecular weight is 285 g/mol. The minimum absolute atomic E-state index is 0.0589. The van der Waals surface area contributed by atoms with Gasteiger partial charge in [-0.15, -0.1) is 0 Å². The van der Waals surface area contributed by atoms with E-state index in [1.165, 1.54) is 10.5 Å². The van der Waals surface area contributed by atoms with Gasteiger partial charge < -0.3 is 4.74 Å². The highest BCUT2D eigenvalue weighted by Crippen LogP contribution is 2.20. The van der Waals surface area contributed by atoms with Crippen molar-refractivity contribution in [1.29, 1.82) is 0 Å². The third-order valence-electron chi connectivity index (χ3n) is 2.72. The second-order valence-electron chi connectivity index (χ2n) is 3.96. The summed E-state index contributed by atoms with van der Waals surface area (Å²) in [7, 11) is -3.75. The van der Waals surface area contributed by atoms with Crippen molar-refractivity contribution in [3.63, 3.8) is 0 Å². The number of ether oxygens (including phenoxy) is 1. The molecule has 2 heterocycles. The predicted octanol–water partition coefficient (Wildman–Crippen LogP) is 0.537. The molecule has 7 nitrogen and oxygen atoms in total. The predicted molar refractivity (Wildman–Crippen MR) is 67.1 cm³/mol. The van der Waals surface area contributed by atoms with Gasteiger partial charge in [0.2, 0.25) is 0 Å². The Bertz CT molecular complexity index is 591. The summed E-state index contributed by atoms with van der Waals surface area (Å²) in [6.45, 7) is 2.52. The normalized spacial score (nSPS) is 16.5. The maximum Gasteiger partial charge on any atom is 0.342 e. The lowest BCUT2D eigenvalue weighted by Gasteiger charge is -2.22. The number of hydrogen-bond acceptors (Lipinski definition) is 5. The van der Waals surface area contributed by atoms with Gasteiger partial charge in [-0.25, -0.2) is 13.2 Å². The quantitative estimate of drug-likeness (QED) is 0.643. The van der Waals surface area contributed by atoms with E-state index in [0.29, 0.717) is 19.5 Å². The van der Waals surface area contributed by atoms with Crippen LogP contribution in [0.5, 0.6) is 0 Å². The highest BCUT2D eigenvalue weighted by molar-refractivity contribution is 7.89. The number of nitrogens with zero attached hydrogens (tertiary/aromatic N) is 2. The average Bonchev–Trinajstić information content (AvgIpc) is 2.90. The number of H-pyrrole nitrogens is 1. The fourth-order valence-electron chi connectivity index (χ4n) is 1.79. The van der Waals surface area contributed by atoms with Gasteiger partial charge in [-0.2, -0.15) is 9.40 Å². The Hall–Kier alpha value is -1.67. The zero-order valence-electron chi connectivity index (χ0n) is 10.5. The summed E-state index contributed by atoms with van der Waals surface area (Å²) in [5, 5.41) is 5.81. The van der Waals surface area contributed by atoms with Crippen LogP contribution in [-0.2, 0) is 14.8 Å². The summed E-state index contributed by atoms with van der Waals surface area (Å²) in [4.78, 5) is 11.7. The lowest BCUT2D eigenvalue weighted by molar-refractivity contribution is 0.0521. The van der Waals surface area contributed by atoms with Crippen molar-refractivity contribution >= 4 is 16.0 Å². The molecule has 1 N–H and O–H groups in total. The van der Waals surface area contributed by atoms with Crippen LogP contribution < -0.4 is 0 Å². The molecule has 104 valence electrons. The van der Waals surface area contributed by atoms with E-state index in [1.807, 2.05) is 6.08 Å². The SMILES string of the molecule is CCOC(=O)c1cn[nH]c1S(=O)(=O)N1CC=CCC1. The van der Waals surface area contributed by atoms with Crippen molar-refractivity contribution in [3.8, 4) is 0 Å². The summed E-state index contributed by atoms with van der Waals surface area (Å²) in [6.07, 6.45) is 5.53. The van der Waals surface area contributed by atoms with Crippen LogP contribution in [0, 0.1) is 0 Å². The number of carbonyl (C=O) groups excluding carboxylic acids is 1. The number of rotatable bonds is 4. The molecule has 0 radical (unpaired) electrons. The number of aromatic nitrogens is 2. The molecule has 1 aromatic heterocycles. The smallest absolute Gasteiger partial charge is 0.342 e. The van der Waals surface area contributed by atoms with E-state index in [-0.39, 0.29) is 17.2 Å². The number of esters is 1. The summed E-state index contributed by atoms with van der Waals surface area (Å²) in [6, 6.07) is 0. The van der Waals surface area contributed by atoms with Crippen molar-refractivity contribution in [2.45, 2.75) is 18.4 Å². The molecule has 19 heavy (non-hydrogen) atoms. The van der Waals surface area contributed by atoms with Gasteiger partial charge >= 0.3 is 5.97 Å². The monoisotopic (exact) mass is 285 g/mol. The molecule has 1 aromatic rings. The molecule has 0 aliphatic carbocycles. The lowest BCUT2D eigenvalue weighted by atomic mass is 10.3. The summed E-state index contributed by atoms with van der Waals surface area (Å²) in [5.74, 6) is -0.692. The Morgan fingerprint density at radius 2 is 2.32 bits per heavy atom. The van der Waals surface area contributed by atoms with E-state index in [4.69, 9.17) is 4.74 Å². The van der Waals surface area contributed by atoms with Crippen molar-refractivity contribution < 1.29 is 17.9 Å². The molecular weight excluding hydrogens is 270 g/mol. The molecule has 1 aliphatic heterocycles. The van der Waals surface area contributed by atoms with Gasteiger partial charge in [0, 0.05) is 13.1 Å². The maximum atomic E-state index is 12.4. The van der Waals surface area contributed by atoms with Crippen LogP contribution in [-0.4, -0.2) is 48.6 Å². The van der Waals surface area contributed by atoms with Crippen LogP contribution in [0.15, 0.2) is 23.4 Å². The van der Waals surface area contributed by atoms with E-state index in [9.17, 15) is 13.2 Å². The molecule has 0 saturated heterocycles. The summed E-state index contributed by atoms with van der Waals surface area (Å²) < 4.78 is 30.9. The minimum atomic E-state index is -3.75. The Balaban J connectivity index is 2.33. The number of nitrogens with one attached hydrogen (secondary N) is 1. The summed E-state index contributed by atoms with van der Waals surface area (Å²) in [5.41, 5.74) is -0.0589. The Kier molecular flexibility index (Phi) is 4.01. The topological polar surface area (TPSA) is 92.4 Å². The highest BCUT2D eigenvalue weighted by atomic mass is 32.2. The molecule has 0 spiro atoms. The molecule has 1 aliphatic rings. The third-order valence-corrected chi connectivity index (χ3v) is 4.56. The first-order valence-electron chi connectivity index (χ1n) is 5.93. The number of aromatic amines is 1. The molecule has 0 atom stereocenters. The minimum Gasteiger partial charge on any atom is -0.462 e. The van der Waals surface area contributed by atoms with E-state index in [1.54, 1.807) is 13.0 Å². The van der Waals surface area contributed by atoms with Gasteiger partial charge in [0.25, 0.3) is 10.0 Å². The zero-order chi connectivity index (χ0) is 13.9. The molecule has 0 fully saturated rings. The first-order valence-corrected chi connectivity index (χ1v) is 7.37. The van der Waals surface area contributed by atoms with Crippen molar-refractivity contribution in [2.75, 3.05) is 19.7 Å². The van der Waals surface area contributed by atoms with Crippen LogP contribution in [0.1, 0.15) is 23.7 Å². The molecule has 2 rings (SSSR count). The van der Waals surface area contributed by atoms with E-state index in [0.717, 1.165) is 0 Å². The highest BCUT2D eigenvalue weighted by Gasteiger charge is 2.31. The molecule has 0 saturated carbocycles. The van der Waals surface area contributed by atoms with Crippen LogP contribution >= 0.6 is 0 Å². The Labute approximate surface area is 111 Å². The van der Waals surface area contributed by atoms with Crippen LogP contribution in [0.4, 0.5) is 0 Å². The first-order chi connectivity index (χ1) is 9.07. The Morgan fingerprint density at radius 1 is 1.53 bits per heavy atom. The number of carbonyl (C=O) groups is 1. The van der Waals surface area contributed by atoms with E-state index in [2.05, 4.69) is 10.2 Å². The second-order valence-corrected chi connectivity index (χ2v) is 5.83. The van der Waals surface area contributed by atoms with Crippen LogP contribution in [0.3, 0.4) is 0 Å². The first kappa shape index (κ1) is 13.8. The van der Waals surface area contributed by atoms with Gasteiger partial charge in [-0.05, 0) is 13.3 Å². The lowest BCUT2D eigenvalue weighted by Crippen LogP contribution is -2.34. The van der Waals surface area contributed by atoms with Gasteiger partial charge in [-0.1, -0.05) is 12.2 Å². The molecule has 8 heteroatoms. The third kappa shape index (κ3) is 2.69. The van der Waals surface area contributed by atoms with Gasteiger partial charge in [0.05, 0.1) is 12.8 Å². The second kappa shape index (κ2) is 5.54. The summed E-state index contributed by atoms with van der Waals surface area (Å²) >= 11 is 0. The largest absolute Gasteiger partial charge is 0.462 e. The molecule has 0 amide bonds. The van der Waals surface area contributed by atoms with E-state index >= 15 is 0 Å². The van der Waals surface area contributed by atoms with Crippen LogP contribution in [0.25, 0.3) is 0 Å². The molecule has 0 unspecified atom stereocenters. The molecular formula is C11H15N3O4S. The Morgan fingerprint density at radius 3 is 2.95 bits per heavy atom. The zero-order valence-corrected chi connectivity index (χ0v) is 11.3. The van der Waals surface area contributed by atoms with Gasteiger partial charge in [0.1, 0.15) is 5.56 Å². The van der Waals surface area contributed by atoms with Gasteiger partial charge in [0.15, 0.2) is 5.03 Å². The van der Waals surface area contributed by atoms with Crippen LogP contribution in [0.2, 0.25) is 0 Å². The van der Waals surface area contributed by atoms with E-state index < -0.39 is 16.0 Å². The maximum absolute atomic E-state index is 12.4. The number of hydrogen-bond donors (Lipinski definition) is 1. The fraction of sp³-hybridized carbons (Fsp3) is 0.455. The van der Waals surface area contributed by atoms with Crippen molar-refractivity contribution in [3.05, 3.63) is 23.9 Å². The molecule has 0 aromatic carbocycles. The molecule has 0 bridgehead atoms. The fourth-order valence-corrected chi connectivity index (χ4v) is 3.26. The standard InChI is InChI=1S/C11H15N3O4S/c1-2-18-11(15)9-8-12-13-10(9)19(16,17)14-6-4-3-5-7-14/h3-4,8H,2,5-7H2,1H3,(H,12,13). The van der Waals surface area contributed by atoms with Crippen molar-refractivity contribution in [1.82, 2.24) is 14.5 Å².